The average molecular weight is 437 g/mol. The Balaban J connectivity index is 1.38. The Kier molecular flexibility index (Phi) is 4.50. The molecule has 1 N–H and O–H groups in total. The van der Waals surface area contributed by atoms with Crippen LogP contribution in [-0.2, 0) is 6.54 Å². The van der Waals surface area contributed by atoms with Gasteiger partial charge >= 0.3 is 0 Å². The van der Waals surface area contributed by atoms with Crippen LogP contribution < -0.4 is 10.9 Å². The number of rotatable bonds is 5. The minimum absolute atomic E-state index is 0.119. The van der Waals surface area contributed by atoms with E-state index in [4.69, 9.17) is 4.52 Å². The van der Waals surface area contributed by atoms with Crippen LogP contribution in [0.3, 0.4) is 0 Å². The molecule has 33 heavy (non-hydrogen) atoms. The molecule has 1 aliphatic carbocycles. The second-order valence-corrected chi connectivity index (χ2v) is 8.14. The van der Waals surface area contributed by atoms with Crippen LogP contribution in [0.15, 0.2) is 76.2 Å². The molecule has 0 radical (unpaired) electrons. The third-order valence-electron chi connectivity index (χ3n) is 5.81. The van der Waals surface area contributed by atoms with Crippen LogP contribution in [-0.4, -0.2) is 25.4 Å². The van der Waals surface area contributed by atoms with E-state index in [0.717, 1.165) is 24.1 Å². The first-order valence-electron chi connectivity index (χ1n) is 10.8. The smallest absolute Gasteiger partial charge is 0.259 e. The highest BCUT2D eigenvalue weighted by Crippen LogP contribution is 2.41. The van der Waals surface area contributed by atoms with Gasteiger partial charge in [-0.2, -0.15) is 0 Å². The first-order chi connectivity index (χ1) is 16.2. The van der Waals surface area contributed by atoms with Crippen molar-refractivity contribution in [2.75, 3.05) is 0 Å². The minimum atomic E-state index is -0.292. The van der Waals surface area contributed by atoms with Gasteiger partial charge in [-0.15, -0.1) is 0 Å². The zero-order valence-corrected chi connectivity index (χ0v) is 17.6. The Labute approximate surface area is 187 Å². The van der Waals surface area contributed by atoms with Gasteiger partial charge in [-0.1, -0.05) is 41.6 Å². The van der Waals surface area contributed by atoms with E-state index in [2.05, 4.69) is 20.4 Å². The lowest BCUT2D eigenvalue weighted by atomic mass is 10.0. The summed E-state index contributed by atoms with van der Waals surface area (Å²) in [5.41, 5.74) is 3.89. The van der Waals surface area contributed by atoms with Crippen molar-refractivity contribution in [1.29, 1.82) is 0 Å². The SMILES string of the molecule is O=C(NCc1cc(=O)n2ccccc2n1)c1cc(C2CC2)nc2onc(-c3ccccc3)c12. The van der Waals surface area contributed by atoms with E-state index in [1.807, 2.05) is 42.5 Å². The fourth-order valence-corrected chi connectivity index (χ4v) is 3.99. The predicted octanol–water partition coefficient (Wildman–Crippen LogP) is 3.71. The molecule has 1 aromatic carbocycles. The number of amides is 1. The fourth-order valence-electron chi connectivity index (χ4n) is 3.99. The molecule has 5 aromatic rings. The summed E-state index contributed by atoms with van der Waals surface area (Å²) in [6, 6.07) is 18.2. The zero-order valence-electron chi connectivity index (χ0n) is 17.6. The lowest BCUT2D eigenvalue weighted by Crippen LogP contribution is -2.25. The zero-order chi connectivity index (χ0) is 22.4. The molecule has 0 unspecified atom stereocenters. The van der Waals surface area contributed by atoms with Crippen molar-refractivity contribution in [2.45, 2.75) is 25.3 Å². The van der Waals surface area contributed by atoms with E-state index in [-0.39, 0.29) is 18.0 Å². The topological polar surface area (TPSA) is 102 Å². The number of aromatic nitrogens is 4. The van der Waals surface area contributed by atoms with E-state index in [9.17, 15) is 9.59 Å². The van der Waals surface area contributed by atoms with Crippen LogP contribution in [0.1, 0.15) is 40.5 Å². The highest BCUT2D eigenvalue weighted by atomic mass is 16.5. The average Bonchev–Trinajstić information content (AvgIpc) is 3.61. The Morgan fingerprint density at radius 1 is 1.06 bits per heavy atom. The minimum Gasteiger partial charge on any atom is -0.346 e. The summed E-state index contributed by atoms with van der Waals surface area (Å²) in [5.74, 6) is 0.0492. The number of benzene rings is 1. The maximum atomic E-state index is 13.3. The summed E-state index contributed by atoms with van der Waals surface area (Å²) < 4.78 is 7.00. The van der Waals surface area contributed by atoms with Gasteiger partial charge in [0.1, 0.15) is 11.3 Å². The van der Waals surface area contributed by atoms with Gasteiger partial charge in [0.25, 0.3) is 17.2 Å². The summed E-state index contributed by atoms with van der Waals surface area (Å²) in [6.07, 6.45) is 3.76. The quantitative estimate of drug-likeness (QED) is 0.450. The molecule has 0 bridgehead atoms. The largest absolute Gasteiger partial charge is 0.346 e. The Bertz CT molecular complexity index is 1570. The molecule has 4 heterocycles. The Morgan fingerprint density at radius 2 is 1.88 bits per heavy atom. The van der Waals surface area contributed by atoms with Crippen molar-refractivity contribution in [3.63, 3.8) is 0 Å². The Morgan fingerprint density at radius 3 is 2.70 bits per heavy atom. The Hall–Kier alpha value is -4.33. The van der Waals surface area contributed by atoms with Crippen LogP contribution in [0, 0.1) is 0 Å². The number of hydrogen-bond donors (Lipinski definition) is 1. The van der Waals surface area contributed by atoms with E-state index in [1.165, 1.54) is 10.5 Å². The third-order valence-corrected chi connectivity index (χ3v) is 5.81. The molecule has 8 nitrogen and oxygen atoms in total. The monoisotopic (exact) mass is 437 g/mol. The molecule has 1 fully saturated rings. The van der Waals surface area contributed by atoms with Crippen LogP contribution in [0.2, 0.25) is 0 Å². The second-order valence-electron chi connectivity index (χ2n) is 8.14. The molecule has 1 aliphatic rings. The third kappa shape index (κ3) is 3.55. The molecule has 6 rings (SSSR count). The molecular weight excluding hydrogens is 418 g/mol. The molecule has 1 amide bonds. The summed E-state index contributed by atoms with van der Waals surface area (Å²) >= 11 is 0. The van der Waals surface area contributed by atoms with Gasteiger partial charge in [0.15, 0.2) is 0 Å². The number of fused-ring (bicyclic) bond motifs is 2. The van der Waals surface area contributed by atoms with Crippen molar-refractivity contribution >= 4 is 22.7 Å². The molecule has 0 saturated heterocycles. The summed E-state index contributed by atoms with van der Waals surface area (Å²) in [6.45, 7) is 0.119. The van der Waals surface area contributed by atoms with Gasteiger partial charge in [0.05, 0.1) is 23.2 Å². The van der Waals surface area contributed by atoms with Crippen LogP contribution in [0.5, 0.6) is 0 Å². The fraction of sp³-hybridized carbons (Fsp3) is 0.160. The molecule has 4 aromatic heterocycles. The number of hydrogen-bond acceptors (Lipinski definition) is 6. The molecule has 162 valence electrons. The highest BCUT2D eigenvalue weighted by molar-refractivity contribution is 6.09. The maximum Gasteiger partial charge on any atom is 0.259 e. The van der Waals surface area contributed by atoms with Gasteiger partial charge < -0.3 is 9.84 Å². The van der Waals surface area contributed by atoms with Crippen LogP contribution in [0.25, 0.3) is 28.0 Å². The summed E-state index contributed by atoms with van der Waals surface area (Å²) in [7, 11) is 0. The van der Waals surface area contributed by atoms with Crippen molar-refractivity contribution in [3.8, 4) is 11.3 Å². The standard InChI is InChI=1S/C25H19N5O3/c31-21-12-17(27-20-8-4-5-11-30(20)21)14-26-24(32)18-13-19(15-9-10-15)28-25-22(18)23(29-33-25)16-6-2-1-3-7-16/h1-8,11-13,15H,9-10,14H2,(H,26,32). The first kappa shape index (κ1) is 19.4. The number of pyridine rings is 2. The van der Waals surface area contributed by atoms with E-state index in [1.54, 1.807) is 18.3 Å². The molecule has 1 saturated carbocycles. The molecule has 8 heteroatoms. The lowest BCUT2D eigenvalue weighted by Gasteiger charge is -2.09. The normalized spacial score (nSPS) is 13.5. The number of nitrogens with zero attached hydrogens (tertiary/aromatic N) is 4. The van der Waals surface area contributed by atoms with E-state index < -0.39 is 0 Å². The number of carbonyl (C=O) groups is 1. The summed E-state index contributed by atoms with van der Waals surface area (Å²) in [5, 5.41) is 7.71. The highest BCUT2D eigenvalue weighted by Gasteiger charge is 2.29. The number of carbonyl (C=O) groups excluding carboxylic acids is 1. The van der Waals surface area contributed by atoms with Crippen molar-refractivity contribution in [3.05, 3.63) is 94.2 Å². The van der Waals surface area contributed by atoms with Crippen LogP contribution in [0.4, 0.5) is 0 Å². The molecular formula is C25H19N5O3. The van der Waals surface area contributed by atoms with Crippen molar-refractivity contribution in [2.24, 2.45) is 0 Å². The van der Waals surface area contributed by atoms with E-state index in [0.29, 0.717) is 39.6 Å². The van der Waals surface area contributed by atoms with E-state index >= 15 is 0 Å². The van der Waals surface area contributed by atoms with Gasteiger partial charge in [0.2, 0.25) is 0 Å². The van der Waals surface area contributed by atoms with Crippen LogP contribution >= 0.6 is 0 Å². The first-order valence-corrected chi connectivity index (χ1v) is 10.8. The van der Waals surface area contributed by atoms with Crippen molar-refractivity contribution < 1.29 is 9.32 Å². The van der Waals surface area contributed by atoms with Gasteiger partial charge in [-0.3, -0.25) is 14.0 Å². The van der Waals surface area contributed by atoms with Gasteiger partial charge in [-0.25, -0.2) is 9.97 Å². The molecule has 0 spiro atoms. The molecule has 0 atom stereocenters. The number of nitrogens with one attached hydrogen (secondary N) is 1. The second kappa shape index (κ2) is 7.67. The summed E-state index contributed by atoms with van der Waals surface area (Å²) in [4.78, 5) is 34.8. The lowest BCUT2D eigenvalue weighted by molar-refractivity contribution is 0.0952. The van der Waals surface area contributed by atoms with Gasteiger partial charge in [-0.05, 0) is 31.0 Å². The van der Waals surface area contributed by atoms with Crippen molar-refractivity contribution in [1.82, 2.24) is 24.8 Å². The molecule has 0 aliphatic heterocycles. The van der Waals surface area contributed by atoms with Gasteiger partial charge in [0, 0.05) is 29.4 Å². The maximum absolute atomic E-state index is 13.3. The predicted molar refractivity (Wildman–Crippen MR) is 122 cm³/mol.